The number of aromatic nitrogens is 1. The molecular weight excluding hydrogens is 491 g/mol. The third kappa shape index (κ3) is 4.93. The van der Waals surface area contributed by atoms with Gasteiger partial charge in [-0.3, -0.25) is 9.89 Å². The minimum Gasteiger partial charge on any atom is -0.370 e. The van der Waals surface area contributed by atoms with Crippen LogP contribution in [-0.2, 0) is 13.0 Å². The molecule has 9 heteroatoms. The normalized spacial score (nSPS) is 19.5. The van der Waals surface area contributed by atoms with Crippen LogP contribution >= 0.6 is 46.7 Å². The van der Waals surface area contributed by atoms with Gasteiger partial charge in [0.25, 0.3) is 0 Å². The molecule has 2 aliphatic heterocycles. The summed E-state index contributed by atoms with van der Waals surface area (Å²) < 4.78 is 0. The Morgan fingerprint density at radius 2 is 2.04 bits per heavy atom. The Hall–Kier alpha value is -0.910. The first-order valence-corrected chi connectivity index (χ1v) is 11.0. The van der Waals surface area contributed by atoms with Crippen molar-refractivity contribution < 1.29 is 0 Å². The monoisotopic (exact) mass is 518 g/mol. The molecule has 0 aromatic carbocycles. The standard InChI is InChI=1S/C18H26N6S2.HI/c1-14(24-5-2-16-15(13-24)3-10-25-16)12-21-17(19)22-6-8-23(9-7-22)18-20-4-11-26-18;/h3-4,10-11,14H,2,5-9,12-13H2,1H3,(H2,19,21);1H. The van der Waals surface area contributed by atoms with E-state index in [0.717, 1.165) is 57.4 Å². The average Bonchev–Trinajstić information content (AvgIpc) is 3.37. The van der Waals surface area contributed by atoms with Crippen LogP contribution < -0.4 is 10.6 Å². The maximum absolute atomic E-state index is 6.28. The fraction of sp³-hybridized carbons (Fsp3) is 0.556. The van der Waals surface area contributed by atoms with Gasteiger partial charge in [-0.1, -0.05) is 0 Å². The first kappa shape index (κ1) is 20.8. The summed E-state index contributed by atoms with van der Waals surface area (Å²) in [4.78, 5) is 17.7. The van der Waals surface area contributed by atoms with E-state index in [1.54, 1.807) is 16.2 Å². The van der Waals surface area contributed by atoms with Gasteiger partial charge < -0.3 is 15.5 Å². The van der Waals surface area contributed by atoms with Gasteiger partial charge in [-0.05, 0) is 30.4 Å². The van der Waals surface area contributed by atoms with E-state index in [1.807, 2.05) is 22.9 Å². The predicted molar refractivity (Wildman–Crippen MR) is 126 cm³/mol. The highest BCUT2D eigenvalue weighted by molar-refractivity contribution is 14.0. The molecule has 4 heterocycles. The Labute approximate surface area is 186 Å². The first-order chi connectivity index (χ1) is 12.7. The number of thiophene rings is 1. The fourth-order valence-electron chi connectivity index (χ4n) is 3.59. The molecule has 0 amide bonds. The van der Waals surface area contributed by atoms with Crippen LogP contribution in [0.5, 0.6) is 0 Å². The Bertz CT molecular complexity index is 739. The summed E-state index contributed by atoms with van der Waals surface area (Å²) in [6, 6.07) is 2.68. The van der Waals surface area contributed by atoms with Crippen molar-refractivity contribution in [1.82, 2.24) is 14.8 Å². The van der Waals surface area contributed by atoms with Gasteiger partial charge in [0.15, 0.2) is 11.1 Å². The van der Waals surface area contributed by atoms with Crippen molar-refractivity contribution in [2.24, 2.45) is 10.7 Å². The molecular formula is C18H27IN6S2. The van der Waals surface area contributed by atoms with Gasteiger partial charge in [0.2, 0.25) is 0 Å². The number of nitrogens with two attached hydrogens (primary N) is 1. The number of piperazine rings is 1. The lowest BCUT2D eigenvalue weighted by atomic mass is 10.1. The molecule has 27 heavy (non-hydrogen) atoms. The molecule has 4 rings (SSSR count). The highest BCUT2D eigenvalue weighted by Gasteiger charge is 2.22. The number of nitrogens with zero attached hydrogens (tertiary/aromatic N) is 5. The van der Waals surface area contributed by atoms with Crippen LogP contribution in [0.1, 0.15) is 17.4 Å². The van der Waals surface area contributed by atoms with Gasteiger partial charge in [0.05, 0.1) is 6.54 Å². The van der Waals surface area contributed by atoms with Gasteiger partial charge in [0, 0.05) is 61.8 Å². The first-order valence-electron chi connectivity index (χ1n) is 9.19. The quantitative estimate of drug-likeness (QED) is 0.383. The van der Waals surface area contributed by atoms with E-state index in [2.05, 4.69) is 38.1 Å². The number of aliphatic imine (C=N–C) groups is 1. The van der Waals surface area contributed by atoms with Gasteiger partial charge in [-0.25, -0.2) is 4.98 Å². The molecule has 0 bridgehead atoms. The summed E-state index contributed by atoms with van der Waals surface area (Å²) in [5.41, 5.74) is 7.77. The minimum atomic E-state index is 0. The molecule has 2 aromatic rings. The fourth-order valence-corrected chi connectivity index (χ4v) is 5.17. The molecule has 6 nitrogen and oxygen atoms in total. The predicted octanol–water partition coefficient (Wildman–Crippen LogP) is 2.71. The van der Waals surface area contributed by atoms with Crippen molar-refractivity contribution >= 4 is 57.7 Å². The lowest BCUT2D eigenvalue weighted by Crippen LogP contribution is -2.51. The summed E-state index contributed by atoms with van der Waals surface area (Å²) in [6.45, 7) is 8.90. The smallest absolute Gasteiger partial charge is 0.191 e. The van der Waals surface area contributed by atoms with E-state index in [-0.39, 0.29) is 24.0 Å². The van der Waals surface area contributed by atoms with Crippen molar-refractivity contribution in [1.29, 1.82) is 0 Å². The third-order valence-corrected chi connectivity index (χ3v) is 7.13. The van der Waals surface area contributed by atoms with E-state index in [4.69, 9.17) is 10.7 Å². The van der Waals surface area contributed by atoms with Gasteiger partial charge in [-0.2, -0.15) is 0 Å². The van der Waals surface area contributed by atoms with Crippen molar-refractivity contribution in [2.75, 3.05) is 44.2 Å². The number of halogens is 1. The Morgan fingerprint density at radius 1 is 1.22 bits per heavy atom. The maximum Gasteiger partial charge on any atom is 0.191 e. The lowest BCUT2D eigenvalue weighted by Gasteiger charge is -2.35. The van der Waals surface area contributed by atoms with E-state index in [0.29, 0.717) is 12.0 Å². The van der Waals surface area contributed by atoms with Crippen molar-refractivity contribution in [2.45, 2.75) is 25.9 Å². The van der Waals surface area contributed by atoms with Crippen LogP contribution in [0.4, 0.5) is 5.13 Å². The molecule has 0 spiro atoms. The van der Waals surface area contributed by atoms with Crippen LogP contribution in [0.15, 0.2) is 28.0 Å². The minimum absolute atomic E-state index is 0. The number of hydrogen-bond donors (Lipinski definition) is 1. The maximum atomic E-state index is 6.28. The van der Waals surface area contributed by atoms with Gasteiger partial charge >= 0.3 is 0 Å². The molecule has 2 aliphatic rings. The number of fused-ring (bicyclic) bond motifs is 1. The van der Waals surface area contributed by atoms with Gasteiger partial charge in [-0.15, -0.1) is 46.7 Å². The second-order valence-corrected chi connectivity index (χ2v) is 8.80. The summed E-state index contributed by atoms with van der Waals surface area (Å²) in [6.07, 6.45) is 3.03. The summed E-state index contributed by atoms with van der Waals surface area (Å²) in [5, 5.41) is 5.34. The van der Waals surface area contributed by atoms with Crippen LogP contribution in [0.25, 0.3) is 0 Å². The number of guanidine groups is 1. The Kier molecular flexibility index (Phi) is 7.35. The zero-order valence-electron chi connectivity index (χ0n) is 15.6. The molecule has 2 N–H and O–H groups in total. The SMILES string of the molecule is CC(CN=C(N)N1CCN(c2nccs2)CC1)N1CCc2sccc2C1.I. The van der Waals surface area contributed by atoms with Crippen molar-refractivity contribution in [3.63, 3.8) is 0 Å². The largest absolute Gasteiger partial charge is 0.370 e. The molecule has 0 radical (unpaired) electrons. The number of anilines is 1. The molecule has 0 aliphatic carbocycles. The Morgan fingerprint density at radius 3 is 2.78 bits per heavy atom. The molecule has 1 atom stereocenters. The lowest BCUT2D eigenvalue weighted by molar-refractivity contribution is 0.196. The topological polar surface area (TPSA) is 61.0 Å². The zero-order valence-corrected chi connectivity index (χ0v) is 19.5. The van der Waals surface area contributed by atoms with Crippen molar-refractivity contribution in [3.8, 4) is 0 Å². The number of thiazole rings is 1. The second kappa shape index (κ2) is 9.53. The third-order valence-electron chi connectivity index (χ3n) is 5.27. The molecule has 2 aromatic heterocycles. The highest BCUT2D eigenvalue weighted by Crippen LogP contribution is 2.25. The highest BCUT2D eigenvalue weighted by atomic mass is 127. The van der Waals surface area contributed by atoms with Gasteiger partial charge in [0.1, 0.15) is 0 Å². The van der Waals surface area contributed by atoms with E-state index >= 15 is 0 Å². The van der Waals surface area contributed by atoms with Crippen LogP contribution in [0.3, 0.4) is 0 Å². The van der Waals surface area contributed by atoms with Crippen LogP contribution in [0.2, 0.25) is 0 Å². The summed E-state index contributed by atoms with van der Waals surface area (Å²) in [7, 11) is 0. The van der Waals surface area contributed by atoms with Crippen LogP contribution in [0, 0.1) is 0 Å². The molecule has 1 fully saturated rings. The number of hydrogen-bond acceptors (Lipinski definition) is 6. The van der Waals surface area contributed by atoms with E-state index < -0.39 is 0 Å². The Balaban J connectivity index is 0.00000210. The molecule has 0 saturated carbocycles. The van der Waals surface area contributed by atoms with E-state index in [1.165, 1.54) is 5.56 Å². The van der Waals surface area contributed by atoms with E-state index in [9.17, 15) is 0 Å². The molecule has 148 valence electrons. The molecule has 1 unspecified atom stereocenters. The van der Waals surface area contributed by atoms with Crippen molar-refractivity contribution in [3.05, 3.63) is 33.5 Å². The zero-order chi connectivity index (χ0) is 17.9. The summed E-state index contributed by atoms with van der Waals surface area (Å²) >= 11 is 3.58. The number of rotatable bonds is 4. The van der Waals surface area contributed by atoms with Crippen LogP contribution in [-0.4, -0.2) is 66.1 Å². The molecule has 1 saturated heterocycles. The summed E-state index contributed by atoms with van der Waals surface area (Å²) in [5.74, 6) is 0.684. The second-order valence-electron chi connectivity index (χ2n) is 6.93. The average molecular weight is 518 g/mol.